The molecule has 0 bridgehead atoms. The van der Waals surface area contributed by atoms with E-state index in [0.29, 0.717) is 18.1 Å². The van der Waals surface area contributed by atoms with Crippen molar-refractivity contribution in [1.82, 2.24) is 9.88 Å². The predicted molar refractivity (Wildman–Crippen MR) is 120 cm³/mol. The number of aromatic nitrogens is 1. The van der Waals surface area contributed by atoms with Crippen molar-refractivity contribution in [3.05, 3.63) is 61.6 Å². The van der Waals surface area contributed by atoms with E-state index in [0.717, 1.165) is 21.2 Å². The molecule has 0 fully saturated rings. The lowest BCUT2D eigenvalue weighted by Gasteiger charge is -2.21. The van der Waals surface area contributed by atoms with Gasteiger partial charge < -0.3 is 4.90 Å². The van der Waals surface area contributed by atoms with Crippen LogP contribution in [0.1, 0.15) is 16.8 Å². The standard InChI is InChI=1S/C19H18BrClN4O3S/c1-23(2)8-3-9-24(19-22-16-7-4-12(20)10-17(16)29-19)18(26)14-11-13(25(27)28)5-6-15(14)21/h4-7,10-11H,3,8-9H2,1-2H3. The molecule has 10 heteroatoms. The molecule has 0 atom stereocenters. The van der Waals surface area contributed by atoms with Gasteiger partial charge in [-0.3, -0.25) is 19.8 Å². The van der Waals surface area contributed by atoms with Gasteiger partial charge in [-0.1, -0.05) is 38.9 Å². The minimum absolute atomic E-state index is 0.0890. The molecular formula is C19H18BrClN4O3S. The normalized spacial score (nSPS) is 11.2. The Kier molecular flexibility index (Phi) is 6.84. The molecular weight excluding hydrogens is 480 g/mol. The first-order valence-electron chi connectivity index (χ1n) is 8.73. The van der Waals surface area contributed by atoms with Crippen molar-refractivity contribution in [3.8, 4) is 0 Å². The van der Waals surface area contributed by atoms with E-state index in [-0.39, 0.29) is 16.3 Å². The summed E-state index contributed by atoms with van der Waals surface area (Å²) in [6, 6.07) is 9.58. The van der Waals surface area contributed by atoms with Crippen molar-refractivity contribution >= 4 is 65.8 Å². The third kappa shape index (κ3) is 5.11. The van der Waals surface area contributed by atoms with Crippen LogP contribution < -0.4 is 4.90 Å². The monoisotopic (exact) mass is 496 g/mol. The number of fused-ring (bicyclic) bond motifs is 1. The summed E-state index contributed by atoms with van der Waals surface area (Å²) in [7, 11) is 3.91. The van der Waals surface area contributed by atoms with Gasteiger partial charge in [0, 0.05) is 23.2 Å². The Hall–Kier alpha value is -2.07. The van der Waals surface area contributed by atoms with Gasteiger partial charge in [-0.15, -0.1) is 0 Å². The number of hydrogen-bond donors (Lipinski definition) is 0. The maximum Gasteiger partial charge on any atom is 0.270 e. The van der Waals surface area contributed by atoms with Gasteiger partial charge in [0.1, 0.15) is 0 Å². The van der Waals surface area contributed by atoms with Crippen molar-refractivity contribution < 1.29 is 9.72 Å². The average Bonchev–Trinajstić information content (AvgIpc) is 3.07. The van der Waals surface area contributed by atoms with Crippen LogP contribution >= 0.6 is 38.9 Å². The zero-order valence-electron chi connectivity index (χ0n) is 15.8. The smallest absolute Gasteiger partial charge is 0.270 e. The van der Waals surface area contributed by atoms with Crippen LogP contribution in [0.5, 0.6) is 0 Å². The lowest BCUT2D eigenvalue weighted by atomic mass is 10.1. The van der Waals surface area contributed by atoms with Crippen LogP contribution in [0.2, 0.25) is 5.02 Å². The SMILES string of the molecule is CN(C)CCCN(C(=O)c1cc([N+](=O)[O-])ccc1Cl)c1nc2ccc(Br)cc2s1. The van der Waals surface area contributed by atoms with E-state index in [2.05, 4.69) is 20.9 Å². The molecule has 7 nitrogen and oxygen atoms in total. The summed E-state index contributed by atoms with van der Waals surface area (Å²) < 4.78 is 1.86. The summed E-state index contributed by atoms with van der Waals surface area (Å²) in [4.78, 5) is 32.1. The van der Waals surface area contributed by atoms with Crippen molar-refractivity contribution in [2.75, 3.05) is 32.1 Å². The quantitative estimate of drug-likeness (QED) is 0.330. The van der Waals surface area contributed by atoms with E-state index in [9.17, 15) is 14.9 Å². The number of thiazole rings is 1. The molecule has 3 rings (SSSR count). The van der Waals surface area contributed by atoms with Crippen LogP contribution in [0, 0.1) is 10.1 Å². The van der Waals surface area contributed by atoms with Crippen LogP contribution in [0.25, 0.3) is 10.2 Å². The number of nitro benzene ring substituents is 1. The van der Waals surface area contributed by atoms with Gasteiger partial charge >= 0.3 is 0 Å². The minimum Gasteiger partial charge on any atom is -0.309 e. The zero-order valence-corrected chi connectivity index (χ0v) is 18.9. The van der Waals surface area contributed by atoms with E-state index in [4.69, 9.17) is 11.6 Å². The predicted octanol–water partition coefficient (Wildman–Crippen LogP) is 5.22. The summed E-state index contributed by atoms with van der Waals surface area (Å²) in [5.41, 5.74) is 0.689. The van der Waals surface area contributed by atoms with Gasteiger partial charge in [0.25, 0.3) is 11.6 Å². The Morgan fingerprint density at radius 1 is 1.24 bits per heavy atom. The van der Waals surface area contributed by atoms with Gasteiger partial charge in [-0.25, -0.2) is 4.98 Å². The average molecular weight is 498 g/mol. The van der Waals surface area contributed by atoms with Crippen LogP contribution in [0.3, 0.4) is 0 Å². The second-order valence-electron chi connectivity index (χ2n) is 6.64. The molecule has 0 unspecified atom stereocenters. The molecule has 2 aromatic carbocycles. The number of halogens is 2. The number of anilines is 1. The number of carbonyl (C=O) groups excluding carboxylic acids is 1. The van der Waals surface area contributed by atoms with Crippen molar-refractivity contribution in [2.24, 2.45) is 0 Å². The molecule has 0 aliphatic rings. The molecule has 0 spiro atoms. The van der Waals surface area contributed by atoms with Gasteiger partial charge in [0.15, 0.2) is 5.13 Å². The summed E-state index contributed by atoms with van der Waals surface area (Å²) in [5, 5.41) is 11.8. The van der Waals surface area contributed by atoms with Crippen molar-refractivity contribution in [1.29, 1.82) is 0 Å². The second kappa shape index (κ2) is 9.17. The fraction of sp³-hybridized carbons (Fsp3) is 0.263. The molecule has 1 heterocycles. The Morgan fingerprint density at radius 3 is 2.69 bits per heavy atom. The third-order valence-corrected chi connectivity index (χ3v) is 6.06. The number of benzene rings is 2. The maximum atomic E-state index is 13.3. The van der Waals surface area contributed by atoms with Gasteiger partial charge in [0.2, 0.25) is 0 Å². The number of amides is 1. The molecule has 1 aromatic heterocycles. The molecule has 0 N–H and O–H groups in total. The number of nitro groups is 1. The fourth-order valence-electron chi connectivity index (χ4n) is 2.77. The van der Waals surface area contributed by atoms with Gasteiger partial charge in [0.05, 0.1) is 25.7 Å². The number of nitrogens with zero attached hydrogens (tertiary/aromatic N) is 4. The Balaban J connectivity index is 2.01. The molecule has 29 heavy (non-hydrogen) atoms. The highest BCUT2D eigenvalue weighted by molar-refractivity contribution is 9.10. The van der Waals surface area contributed by atoms with Crippen LogP contribution in [-0.2, 0) is 0 Å². The number of rotatable bonds is 7. The fourth-order valence-corrected chi connectivity index (χ4v) is 4.51. The lowest BCUT2D eigenvalue weighted by Crippen LogP contribution is -2.33. The molecule has 152 valence electrons. The minimum atomic E-state index is -0.543. The number of carbonyl (C=O) groups is 1. The topological polar surface area (TPSA) is 79.6 Å². The molecule has 0 saturated heterocycles. The second-order valence-corrected chi connectivity index (χ2v) is 8.98. The first-order valence-corrected chi connectivity index (χ1v) is 10.7. The third-order valence-electron chi connectivity index (χ3n) is 4.19. The van der Waals surface area contributed by atoms with E-state index in [1.54, 1.807) is 4.90 Å². The summed E-state index contributed by atoms with van der Waals surface area (Å²) >= 11 is 11.0. The van der Waals surface area contributed by atoms with Crippen molar-refractivity contribution in [2.45, 2.75) is 6.42 Å². The Morgan fingerprint density at radius 2 is 2.00 bits per heavy atom. The Labute approximate surface area is 185 Å². The highest BCUT2D eigenvalue weighted by Gasteiger charge is 2.25. The van der Waals surface area contributed by atoms with Crippen LogP contribution in [0.4, 0.5) is 10.8 Å². The van der Waals surface area contributed by atoms with Gasteiger partial charge in [-0.2, -0.15) is 0 Å². The highest BCUT2D eigenvalue weighted by Crippen LogP contribution is 2.33. The number of non-ortho nitro benzene ring substituents is 1. The van der Waals surface area contributed by atoms with Gasteiger partial charge in [-0.05, 0) is 51.3 Å². The van der Waals surface area contributed by atoms with E-state index in [1.807, 2.05) is 37.2 Å². The summed E-state index contributed by atoms with van der Waals surface area (Å²) in [6.07, 6.45) is 0.713. The molecule has 3 aromatic rings. The van der Waals surface area contributed by atoms with Crippen LogP contribution in [0.15, 0.2) is 40.9 Å². The molecule has 1 amide bonds. The highest BCUT2D eigenvalue weighted by atomic mass is 79.9. The maximum absolute atomic E-state index is 13.3. The Bertz CT molecular complexity index is 1070. The summed E-state index contributed by atoms with van der Waals surface area (Å²) in [6.45, 7) is 1.19. The molecule has 0 aliphatic heterocycles. The van der Waals surface area contributed by atoms with E-state index >= 15 is 0 Å². The van der Waals surface area contributed by atoms with Crippen LogP contribution in [-0.4, -0.2) is 47.9 Å². The first kappa shape index (κ1) is 21.6. The first-order chi connectivity index (χ1) is 13.8. The van der Waals surface area contributed by atoms with E-state index in [1.165, 1.54) is 29.5 Å². The number of hydrogen-bond acceptors (Lipinski definition) is 6. The molecule has 0 saturated carbocycles. The molecule has 0 radical (unpaired) electrons. The lowest BCUT2D eigenvalue weighted by molar-refractivity contribution is -0.384. The largest absolute Gasteiger partial charge is 0.309 e. The molecule has 0 aliphatic carbocycles. The summed E-state index contributed by atoms with van der Waals surface area (Å²) in [5.74, 6) is -0.407. The van der Waals surface area contributed by atoms with E-state index < -0.39 is 10.8 Å². The zero-order chi connectivity index (χ0) is 21.1. The van der Waals surface area contributed by atoms with Crippen molar-refractivity contribution in [3.63, 3.8) is 0 Å².